The zero-order valence-electron chi connectivity index (χ0n) is 10.3. The molecule has 0 bridgehead atoms. The topological polar surface area (TPSA) is 17.8 Å². The van der Waals surface area contributed by atoms with Gasteiger partial charge in [0.15, 0.2) is 0 Å². The summed E-state index contributed by atoms with van der Waals surface area (Å²) in [6.07, 6.45) is 3.89. The van der Waals surface area contributed by atoms with Gasteiger partial charge in [-0.05, 0) is 42.5 Å². The van der Waals surface area contributed by atoms with Crippen LogP contribution in [0.4, 0.5) is 0 Å². The molecule has 0 N–H and O–H groups in total. The highest BCUT2D eigenvalue weighted by molar-refractivity contribution is 9.10. The molecule has 1 unspecified atom stereocenters. The summed E-state index contributed by atoms with van der Waals surface area (Å²) in [5.41, 5.74) is 2.55. The summed E-state index contributed by atoms with van der Waals surface area (Å²) in [4.78, 5) is 0. The van der Waals surface area contributed by atoms with Crippen molar-refractivity contribution in [2.75, 3.05) is 5.88 Å². The van der Waals surface area contributed by atoms with Crippen LogP contribution in [0.2, 0.25) is 0 Å². The highest BCUT2D eigenvalue weighted by Crippen LogP contribution is 2.24. The van der Waals surface area contributed by atoms with Crippen LogP contribution in [0.3, 0.4) is 0 Å². The molecule has 0 radical (unpaired) electrons. The van der Waals surface area contributed by atoms with E-state index in [-0.39, 0.29) is 0 Å². The molecule has 2 nitrogen and oxygen atoms in total. The minimum Gasteiger partial charge on any atom is -0.273 e. The number of aromatic nitrogens is 2. The molecular weight excluding hydrogens is 312 g/mol. The molecule has 0 saturated heterocycles. The van der Waals surface area contributed by atoms with Gasteiger partial charge in [-0.15, -0.1) is 11.6 Å². The van der Waals surface area contributed by atoms with Crippen molar-refractivity contribution in [1.82, 2.24) is 9.78 Å². The van der Waals surface area contributed by atoms with Gasteiger partial charge < -0.3 is 0 Å². The first kappa shape index (κ1) is 13.6. The van der Waals surface area contributed by atoms with Gasteiger partial charge in [-0.2, -0.15) is 5.10 Å². The second-order valence-electron chi connectivity index (χ2n) is 4.39. The number of rotatable bonds is 5. The van der Waals surface area contributed by atoms with E-state index in [0.717, 1.165) is 17.3 Å². The fraction of sp³-hybridized carbons (Fsp3) is 0.357. The molecule has 0 saturated carbocycles. The van der Waals surface area contributed by atoms with E-state index in [1.54, 1.807) is 0 Å². The summed E-state index contributed by atoms with van der Waals surface area (Å²) in [5, 5.41) is 4.18. The van der Waals surface area contributed by atoms with Crippen molar-refractivity contribution in [2.45, 2.75) is 18.8 Å². The molecule has 2 aromatic rings. The van der Waals surface area contributed by atoms with E-state index in [4.69, 9.17) is 11.6 Å². The summed E-state index contributed by atoms with van der Waals surface area (Å²) < 4.78 is 3.03. The highest BCUT2D eigenvalue weighted by atomic mass is 79.9. The van der Waals surface area contributed by atoms with Crippen molar-refractivity contribution in [2.24, 2.45) is 7.05 Å². The molecule has 2 rings (SSSR count). The lowest BCUT2D eigenvalue weighted by molar-refractivity contribution is 0.634. The minimum absolute atomic E-state index is 0.398. The van der Waals surface area contributed by atoms with Crippen LogP contribution in [-0.2, 0) is 13.5 Å². The number of benzene rings is 1. The van der Waals surface area contributed by atoms with Crippen molar-refractivity contribution in [3.05, 3.63) is 52.3 Å². The van der Waals surface area contributed by atoms with Gasteiger partial charge in [0.1, 0.15) is 0 Å². The Bertz CT molecular complexity index is 493. The standard InChI is InChI=1S/C14H16BrClN2/c1-18-14(8-9-17-18)7-4-12(10-16)11-2-5-13(15)6-3-11/h2-3,5-6,8-9,12H,4,7,10H2,1H3. The summed E-state index contributed by atoms with van der Waals surface area (Å²) >= 11 is 9.54. The molecule has 4 heteroatoms. The predicted octanol–water partition coefficient (Wildman–Crippen LogP) is 4.14. The third-order valence-electron chi connectivity index (χ3n) is 3.20. The van der Waals surface area contributed by atoms with E-state index >= 15 is 0 Å². The lowest BCUT2D eigenvalue weighted by Gasteiger charge is -2.14. The van der Waals surface area contributed by atoms with Crippen molar-refractivity contribution in [3.8, 4) is 0 Å². The molecule has 0 aliphatic rings. The average Bonchev–Trinajstić information content (AvgIpc) is 2.78. The van der Waals surface area contributed by atoms with Gasteiger partial charge in [-0.1, -0.05) is 28.1 Å². The number of hydrogen-bond acceptors (Lipinski definition) is 1. The van der Waals surface area contributed by atoms with Gasteiger partial charge in [-0.3, -0.25) is 4.68 Å². The van der Waals surface area contributed by atoms with Crippen molar-refractivity contribution in [1.29, 1.82) is 0 Å². The maximum atomic E-state index is 6.09. The number of aryl methyl sites for hydroxylation is 2. The van der Waals surface area contributed by atoms with Crippen LogP contribution in [0, 0.1) is 0 Å². The molecule has 0 aliphatic carbocycles. The smallest absolute Gasteiger partial charge is 0.0492 e. The summed E-state index contributed by atoms with van der Waals surface area (Å²) in [7, 11) is 1.98. The van der Waals surface area contributed by atoms with Crippen LogP contribution in [0.15, 0.2) is 41.0 Å². The van der Waals surface area contributed by atoms with Crippen molar-refractivity contribution in [3.63, 3.8) is 0 Å². The van der Waals surface area contributed by atoms with Crippen LogP contribution < -0.4 is 0 Å². The van der Waals surface area contributed by atoms with Crippen LogP contribution in [0.1, 0.15) is 23.6 Å². The van der Waals surface area contributed by atoms with E-state index in [1.807, 2.05) is 17.9 Å². The van der Waals surface area contributed by atoms with Crippen LogP contribution in [0.5, 0.6) is 0 Å². The summed E-state index contributed by atoms with van der Waals surface area (Å²) in [5.74, 6) is 1.05. The monoisotopic (exact) mass is 326 g/mol. The molecule has 0 spiro atoms. The Labute approximate surface area is 121 Å². The Morgan fingerprint density at radius 2 is 2.00 bits per heavy atom. The Morgan fingerprint density at radius 3 is 2.56 bits per heavy atom. The number of hydrogen-bond donors (Lipinski definition) is 0. The van der Waals surface area contributed by atoms with Crippen LogP contribution in [0.25, 0.3) is 0 Å². The molecule has 1 atom stereocenters. The van der Waals surface area contributed by atoms with Gasteiger partial charge in [0.2, 0.25) is 0 Å². The summed E-state index contributed by atoms with van der Waals surface area (Å²) in [6, 6.07) is 10.5. The quantitative estimate of drug-likeness (QED) is 0.755. The Hall–Kier alpha value is -0.800. The van der Waals surface area contributed by atoms with Gasteiger partial charge in [0, 0.05) is 29.3 Å². The molecule has 0 amide bonds. The molecule has 1 aromatic carbocycles. The normalized spacial score (nSPS) is 12.6. The van der Waals surface area contributed by atoms with Gasteiger partial charge in [0.25, 0.3) is 0 Å². The van der Waals surface area contributed by atoms with Gasteiger partial charge in [0.05, 0.1) is 0 Å². The van der Waals surface area contributed by atoms with E-state index in [1.165, 1.54) is 11.3 Å². The van der Waals surface area contributed by atoms with E-state index < -0.39 is 0 Å². The number of alkyl halides is 1. The maximum Gasteiger partial charge on any atom is 0.0492 e. The van der Waals surface area contributed by atoms with Crippen molar-refractivity contribution >= 4 is 27.5 Å². The van der Waals surface area contributed by atoms with Gasteiger partial charge in [-0.25, -0.2) is 0 Å². The maximum absolute atomic E-state index is 6.09. The second kappa shape index (κ2) is 6.39. The molecular formula is C14H16BrClN2. The molecule has 0 fully saturated rings. The zero-order valence-corrected chi connectivity index (χ0v) is 12.7. The number of nitrogens with zero attached hydrogens (tertiary/aromatic N) is 2. The highest BCUT2D eigenvalue weighted by Gasteiger charge is 2.11. The summed E-state index contributed by atoms with van der Waals surface area (Å²) in [6.45, 7) is 0. The first-order chi connectivity index (χ1) is 8.70. The molecule has 0 aliphatic heterocycles. The average molecular weight is 328 g/mol. The fourth-order valence-corrected chi connectivity index (χ4v) is 2.63. The predicted molar refractivity (Wildman–Crippen MR) is 79.1 cm³/mol. The van der Waals surface area contributed by atoms with E-state index in [2.05, 4.69) is 51.4 Å². The minimum atomic E-state index is 0.398. The van der Waals surface area contributed by atoms with Crippen LogP contribution in [-0.4, -0.2) is 15.7 Å². The third kappa shape index (κ3) is 3.36. The zero-order chi connectivity index (χ0) is 13.0. The van der Waals surface area contributed by atoms with E-state index in [9.17, 15) is 0 Å². The fourth-order valence-electron chi connectivity index (χ4n) is 2.04. The molecule has 1 aromatic heterocycles. The lowest BCUT2D eigenvalue weighted by Crippen LogP contribution is -2.05. The largest absolute Gasteiger partial charge is 0.273 e. The van der Waals surface area contributed by atoms with Crippen LogP contribution >= 0.6 is 27.5 Å². The van der Waals surface area contributed by atoms with Gasteiger partial charge >= 0.3 is 0 Å². The van der Waals surface area contributed by atoms with Crippen molar-refractivity contribution < 1.29 is 0 Å². The Balaban J connectivity index is 2.01. The number of halogens is 2. The first-order valence-corrected chi connectivity index (χ1v) is 7.31. The SMILES string of the molecule is Cn1nccc1CCC(CCl)c1ccc(Br)cc1. The first-order valence-electron chi connectivity index (χ1n) is 5.99. The molecule has 1 heterocycles. The Kier molecular flexibility index (Phi) is 4.84. The lowest BCUT2D eigenvalue weighted by atomic mass is 9.95. The Morgan fingerprint density at radius 1 is 1.28 bits per heavy atom. The molecule has 18 heavy (non-hydrogen) atoms. The van der Waals surface area contributed by atoms with E-state index in [0.29, 0.717) is 11.8 Å². The third-order valence-corrected chi connectivity index (χ3v) is 4.10. The second-order valence-corrected chi connectivity index (χ2v) is 5.61. The molecule has 96 valence electrons.